The molecule has 1 amide bonds. The first-order valence-electron chi connectivity index (χ1n) is 7.76. The first-order chi connectivity index (χ1) is 9.60. The number of nitrogens with one attached hydrogen (secondary N) is 1. The zero-order chi connectivity index (χ0) is 14.6. The van der Waals surface area contributed by atoms with E-state index in [1.54, 1.807) is 7.11 Å². The number of ether oxygens (including phenoxy) is 2. The van der Waals surface area contributed by atoms with Crippen molar-refractivity contribution in [3.8, 4) is 0 Å². The van der Waals surface area contributed by atoms with Crippen LogP contribution in [0.4, 0.5) is 0 Å². The van der Waals surface area contributed by atoms with E-state index in [4.69, 9.17) is 9.47 Å². The summed E-state index contributed by atoms with van der Waals surface area (Å²) in [6, 6.07) is 0. The Morgan fingerprint density at radius 3 is 2.65 bits per heavy atom. The zero-order valence-electron chi connectivity index (χ0n) is 13.0. The molecule has 0 aromatic rings. The van der Waals surface area contributed by atoms with Crippen molar-refractivity contribution in [1.82, 2.24) is 10.2 Å². The fourth-order valence-electron chi connectivity index (χ4n) is 2.80. The monoisotopic (exact) mass is 284 g/mol. The average molecular weight is 284 g/mol. The number of hydrogen-bond donors (Lipinski definition) is 1. The Labute approximate surface area is 122 Å². The second-order valence-corrected chi connectivity index (χ2v) is 6.23. The smallest absolute Gasteiger partial charge is 0.244 e. The van der Waals surface area contributed by atoms with Crippen LogP contribution in [0.25, 0.3) is 0 Å². The van der Waals surface area contributed by atoms with Gasteiger partial charge in [-0.05, 0) is 31.6 Å². The van der Waals surface area contributed by atoms with Gasteiger partial charge in [0.25, 0.3) is 0 Å². The van der Waals surface area contributed by atoms with Crippen LogP contribution >= 0.6 is 0 Å². The number of carbonyl (C=O) groups is 1. The first-order valence-corrected chi connectivity index (χ1v) is 7.76. The van der Waals surface area contributed by atoms with Crippen LogP contribution in [0, 0.1) is 5.92 Å². The lowest BCUT2D eigenvalue weighted by atomic mass is 10.1. The van der Waals surface area contributed by atoms with E-state index in [0.29, 0.717) is 25.0 Å². The summed E-state index contributed by atoms with van der Waals surface area (Å²) in [5.41, 5.74) is -0.191. The number of nitrogens with zero attached hydrogens (tertiary/aromatic N) is 1. The van der Waals surface area contributed by atoms with Gasteiger partial charge in [0.15, 0.2) is 0 Å². The van der Waals surface area contributed by atoms with E-state index in [1.807, 2.05) is 4.90 Å². The third kappa shape index (κ3) is 3.51. The molecule has 2 rings (SSSR count). The molecule has 2 aliphatic rings. The Hall–Kier alpha value is -0.650. The highest BCUT2D eigenvalue weighted by atomic mass is 16.5. The van der Waals surface area contributed by atoms with Crippen LogP contribution < -0.4 is 5.32 Å². The second kappa shape index (κ2) is 6.87. The van der Waals surface area contributed by atoms with Gasteiger partial charge in [0.1, 0.15) is 0 Å². The lowest BCUT2D eigenvalue weighted by Gasteiger charge is -2.27. The Morgan fingerprint density at radius 2 is 2.05 bits per heavy atom. The molecule has 1 unspecified atom stereocenters. The lowest BCUT2D eigenvalue weighted by molar-refractivity contribution is -0.131. The average Bonchev–Trinajstić information content (AvgIpc) is 3.14. The highest BCUT2D eigenvalue weighted by molar-refractivity contribution is 5.91. The normalized spacial score (nSPS) is 24.1. The van der Waals surface area contributed by atoms with Crippen molar-refractivity contribution in [2.45, 2.75) is 51.2 Å². The van der Waals surface area contributed by atoms with Crippen LogP contribution in [-0.4, -0.2) is 56.0 Å². The minimum Gasteiger partial charge on any atom is -0.382 e. The molecule has 1 N–H and O–H groups in total. The number of carbonyl (C=O) groups excluding carboxylic acids is 1. The molecule has 0 aromatic carbocycles. The molecule has 5 nitrogen and oxygen atoms in total. The molecule has 0 bridgehead atoms. The van der Waals surface area contributed by atoms with Gasteiger partial charge in [-0.25, -0.2) is 0 Å². The molecule has 116 valence electrons. The summed E-state index contributed by atoms with van der Waals surface area (Å²) in [7, 11) is 1.68. The van der Waals surface area contributed by atoms with Gasteiger partial charge < -0.3 is 14.4 Å². The van der Waals surface area contributed by atoms with Crippen LogP contribution in [0.2, 0.25) is 0 Å². The van der Waals surface area contributed by atoms with Crippen LogP contribution in [0.15, 0.2) is 0 Å². The van der Waals surface area contributed by atoms with Crippen LogP contribution in [0.5, 0.6) is 0 Å². The van der Waals surface area contributed by atoms with E-state index < -0.39 is 0 Å². The summed E-state index contributed by atoms with van der Waals surface area (Å²) in [5, 5.41) is 3.54. The van der Waals surface area contributed by atoms with E-state index in [1.165, 1.54) is 0 Å². The number of hydrogen-bond acceptors (Lipinski definition) is 4. The molecule has 1 spiro atoms. The van der Waals surface area contributed by atoms with Crippen molar-refractivity contribution in [3.05, 3.63) is 0 Å². The molecule has 20 heavy (non-hydrogen) atoms. The predicted molar refractivity (Wildman–Crippen MR) is 77.4 cm³/mol. The minimum absolute atomic E-state index is 0.191. The minimum atomic E-state index is -0.191. The quantitative estimate of drug-likeness (QED) is 0.650. The molecule has 1 atom stereocenters. The maximum Gasteiger partial charge on any atom is 0.244 e. The Bertz CT molecular complexity index is 329. The lowest BCUT2D eigenvalue weighted by Crippen LogP contribution is -2.42. The highest BCUT2D eigenvalue weighted by Gasteiger charge is 2.59. The summed E-state index contributed by atoms with van der Waals surface area (Å²) in [5.74, 6) is 0.772. The highest BCUT2D eigenvalue weighted by Crippen LogP contribution is 2.43. The molecule has 0 radical (unpaired) electrons. The summed E-state index contributed by atoms with van der Waals surface area (Å²) < 4.78 is 10.4. The fraction of sp³-hybridized carbons (Fsp3) is 0.933. The summed E-state index contributed by atoms with van der Waals surface area (Å²) in [4.78, 5) is 14.5. The molecule has 1 aliphatic heterocycles. The summed E-state index contributed by atoms with van der Waals surface area (Å²) in [6.45, 7) is 7.23. The first kappa shape index (κ1) is 15.7. The van der Waals surface area contributed by atoms with Crippen LogP contribution in [0.1, 0.15) is 39.5 Å². The zero-order valence-corrected chi connectivity index (χ0v) is 13.0. The van der Waals surface area contributed by atoms with Gasteiger partial charge in [-0.3, -0.25) is 10.1 Å². The number of amides is 1. The molecular formula is C15H28N2O3. The van der Waals surface area contributed by atoms with Crippen molar-refractivity contribution >= 4 is 5.91 Å². The van der Waals surface area contributed by atoms with Gasteiger partial charge in [0.2, 0.25) is 5.91 Å². The Kier molecular flexibility index (Phi) is 5.41. The van der Waals surface area contributed by atoms with Gasteiger partial charge in [0.05, 0.1) is 24.9 Å². The van der Waals surface area contributed by atoms with E-state index in [2.05, 4.69) is 19.2 Å². The predicted octanol–water partition coefficient (Wildman–Crippen LogP) is 1.38. The van der Waals surface area contributed by atoms with E-state index in [0.717, 1.165) is 38.8 Å². The molecule has 1 aliphatic carbocycles. The molecular weight excluding hydrogens is 256 g/mol. The van der Waals surface area contributed by atoms with E-state index in [-0.39, 0.29) is 11.7 Å². The summed E-state index contributed by atoms with van der Waals surface area (Å²) in [6.07, 6.45) is 4.21. The fourth-order valence-corrected chi connectivity index (χ4v) is 2.80. The molecule has 2 fully saturated rings. The van der Waals surface area contributed by atoms with Gasteiger partial charge in [-0.1, -0.05) is 13.8 Å². The second-order valence-electron chi connectivity index (χ2n) is 6.23. The SMILES string of the molecule is COCCOCCCCN1C(=O)C2(CC2)NC1C(C)C. The van der Waals surface area contributed by atoms with Gasteiger partial charge in [-0.2, -0.15) is 0 Å². The van der Waals surface area contributed by atoms with Gasteiger partial charge in [-0.15, -0.1) is 0 Å². The molecule has 1 heterocycles. The third-order valence-electron chi connectivity index (χ3n) is 4.18. The van der Waals surface area contributed by atoms with Gasteiger partial charge in [0, 0.05) is 20.3 Å². The van der Waals surface area contributed by atoms with Crippen molar-refractivity contribution in [2.75, 3.05) is 33.5 Å². The molecule has 1 saturated heterocycles. The summed E-state index contributed by atoms with van der Waals surface area (Å²) >= 11 is 0. The molecule has 5 heteroatoms. The number of unbranched alkanes of at least 4 members (excludes halogenated alkanes) is 1. The van der Waals surface area contributed by atoms with Gasteiger partial charge >= 0.3 is 0 Å². The number of methoxy groups -OCH3 is 1. The topological polar surface area (TPSA) is 50.8 Å². The van der Waals surface area contributed by atoms with Crippen LogP contribution in [0.3, 0.4) is 0 Å². The maximum absolute atomic E-state index is 12.4. The third-order valence-corrected chi connectivity index (χ3v) is 4.18. The van der Waals surface area contributed by atoms with E-state index >= 15 is 0 Å². The van der Waals surface area contributed by atoms with Crippen molar-refractivity contribution < 1.29 is 14.3 Å². The Morgan fingerprint density at radius 1 is 1.30 bits per heavy atom. The largest absolute Gasteiger partial charge is 0.382 e. The van der Waals surface area contributed by atoms with Crippen molar-refractivity contribution in [2.24, 2.45) is 5.92 Å². The van der Waals surface area contributed by atoms with E-state index in [9.17, 15) is 4.79 Å². The van der Waals surface area contributed by atoms with Crippen molar-refractivity contribution in [3.63, 3.8) is 0 Å². The maximum atomic E-state index is 12.4. The standard InChI is InChI=1S/C15H28N2O3/c1-12(2)13-16-15(6-7-15)14(18)17(13)8-4-5-9-20-11-10-19-3/h12-13,16H,4-11H2,1-3H3. The van der Waals surface area contributed by atoms with Crippen molar-refractivity contribution in [1.29, 1.82) is 0 Å². The molecule has 1 saturated carbocycles. The molecule has 0 aromatic heterocycles. The van der Waals surface area contributed by atoms with Crippen LogP contribution in [-0.2, 0) is 14.3 Å². The number of rotatable bonds is 9. The Balaban J connectivity index is 1.69.